The lowest BCUT2D eigenvalue weighted by Crippen LogP contribution is -2.48. The van der Waals surface area contributed by atoms with Gasteiger partial charge in [0.25, 0.3) is 5.91 Å². The first-order valence-corrected chi connectivity index (χ1v) is 6.62. The first-order chi connectivity index (χ1) is 10.2. The summed E-state index contributed by atoms with van der Waals surface area (Å²) in [6.07, 6.45) is 1.56. The number of nitriles is 1. The SMILES string of the molecule is COCC#CC(=O)N1CCN(c2ccc(C#N)cn2)CC1. The Balaban J connectivity index is 1.89. The number of methoxy groups -OCH3 is 1. The van der Waals surface area contributed by atoms with E-state index in [-0.39, 0.29) is 12.5 Å². The molecule has 6 heteroatoms. The Kier molecular flexibility index (Phi) is 5.14. The molecule has 1 aromatic rings. The maximum absolute atomic E-state index is 11.8. The minimum atomic E-state index is -0.167. The standard InChI is InChI=1S/C15H16N4O2/c1-21-10-2-3-15(20)19-8-6-18(7-9-19)14-5-4-13(11-16)12-17-14/h4-5,12H,6-10H2,1H3. The van der Waals surface area contributed by atoms with Crippen LogP contribution in [-0.4, -0.2) is 55.7 Å². The third-order valence-electron chi connectivity index (χ3n) is 3.18. The van der Waals surface area contributed by atoms with Crippen LogP contribution in [0.25, 0.3) is 0 Å². The van der Waals surface area contributed by atoms with Crippen LogP contribution in [0.1, 0.15) is 5.56 Å². The fraction of sp³-hybridized carbons (Fsp3) is 0.400. The fourth-order valence-corrected chi connectivity index (χ4v) is 2.04. The quantitative estimate of drug-likeness (QED) is 0.728. The second kappa shape index (κ2) is 7.28. The number of pyridine rings is 1. The van der Waals surface area contributed by atoms with Crippen LogP contribution < -0.4 is 4.90 Å². The minimum absolute atomic E-state index is 0.167. The Morgan fingerprint density at radius 3 is 2.71 bits per heavy atom. The second-order valence-electron chi connectivity index (χ2n) is 4.53. The highest BCUT2D eigenvalue weighted by atomic mass is 16.5. The van der Waals surface area contributed by atoms with Crippen LogP contribution in [0, 0.1) is 23.2 Å². The van der Waals surface area contributed by atoms with E-state index in [9.17, 15) is 4.79 Å². The molecule has 1 aliphatic heterocycles. The minimum Gasteiger partial charge on any atom is -0.372 e. The third-order valence-corrected chi connectivity index (χ3v) is 3.18. The lowest BCUT2D eigenvalue weighted by molar-refractivity contribution is -0.125. The summed E-state index contributed by atoms with van der Waals surface area (Å²) in [4.78, 5) is 19.9. The van der Waals surface area contributed by atoms with Crippen LogP contribution in [0.5, 0.6) is 0 Å². The van der Waals surface area contributed by atoms with E-state index >= 15 is 0 Å². The van der Waals surface area contributed by atoms with Crippen LogP contribution in [0.2, 0.25) is 0 Å². The number of carbonyl (C=O) groups excluding carboxylic acids is 1. The van der Waals surface area contributed by atoms with Crippen molar-refractivity contribution in [3.63, 3.8) is 0 Å². The highest BCUT2D eigenvalue weighted by Crippen LogP contribution is 2.13. The van der Waals surface area contributed by atoms with Crippen LogP contribution >= 0.6 is 0 Å². The van der Waals surface area contributed by atoms with Crippen LogP contribution in [0.3, 0.4) is 0 Å². The van der Waals surface area contributed by atoms with Gasteiger partial charge >= 0.3 is 0 Å². The summed E-state index contributed by atoms with van der Waals surface area (Å²) in [5.41, 5.74) is 0.543. The largest absolute Gasteiger partial charge is 0.372 e. The van der Waals surface area contributed by atoms with Gasteiger partial charge in [0, 0.05) is 39.5 Å². The zero-order valence-corrected chi connectivity index (χ0v) is 11.9. The van der Waals surface area contributed by atoms with Gasteiger partial charge < -0.3 is 14.5 Å². The molecule has 1 amide bonds. The summed E-state index contributed by atoms with van der Waals surface area (Å²) in [5, 5.41) is 8.75. The molecule has 6 nitrogen and oxygen atoms in total. The second-order valence-corrected chi connectivity index (χ2v) is 4.53. The van der Waals surface area contributed by atoms with Crippen molar-refractivity contribution >= 4 is 11.7 Å². The number of hydrogen-bond donors (Lipinski definition) is 0. The zero-order valence-electron chi connectivity index (χ0n) is 11.9. The molecule has 0 saturated carbocycles. The molecule has 108 valence electrons. The predicted molar refractivity (Wildman–Crippen MR) is 77.4 cm³/mol. The van der Waals surface area contributed by atoms with Gasteiger partial charge in [-0.1, -0.05) is 5.92 Å². The molecule has 0 aliphatic carbocycles. The summed E-state index contributed by atoms with van der Waals surface area (Å²) >= 11 is 0. The average Bonchev–Trinajstić information content (AvgIpc) is 2.55. The van der Waals surface area contributed by atoms with E-state index in [0.29, 0.717) is 31.7 Å². The van der Waals surface area contributed by atoms with E-state index in [1.165, 1.54) is 0 Å². The lowest BCUT2D eigenvalue weighted by atomic mass is 10.2. The fourth-order valence-electron chi connectivity index (χ4n) is 2.04. The number of aromatic nitrogens is 1. The number of piperazine rings is 1. The van der Waals surface area contributed by atoms with Crippen molar-refractivity contribution in [2.45, 2.75) is 0 Å². The van der Waals surface area contributed by atoms with Gasteiger partial charge in [0.1, 0.15) is 18.5 Å². The molecule has 1 aromatic heterocycles. The maximum atomic E-state index is 11.8. The molecule has 0 N–H and O–H groups in total. The molecule has 2 rings (SSSR count). The molecule has 0 bridgehead atoms. The molecule has 1 aliphatic rings. The summed E-state index contributed by atoms with van der Waals surface area (Å²) in [6, 6.07) is 5.62. The van der Waals surface area contributed by atoms with Gasteiger partial charge in [0.2, 0.25) is 0 Å². The summed E-state index contributed by atoms with van der Waals surface area (Å²) in [6.45, 7) is 2.90. The van der Waals surface area contributed by atoms with E-state index < -0.39 is 0 Å². The molecule has 0 spiro atoms. The molecular formula is C15H16N4O2. The molecule has 2 heterocycles. The molecular weight excluding hydrogens is 268 g/mol. The molecule has 1 saturated heterocycles. The van der Waals surface area contributed by atoms with E-state index in [1.54, 1.807) is 24.3 Å². The average molecular weight is 284 g/mol. The predicted octanol–water partition coefficient (Wildman–Crippen LogP) is 0.252. The Labute approximate surface area is 123 Å². The van der Waals surface area contributed by atoms with Crippen molar-refractivity contribution in [2.24, 2.45) is 0 Å². The van der Waals surface area contributed by atoms with Crippen molar-refractivity contribution in [3.05, 3.63) is 23.9 Å². The van der Waals surface area contributed by atoms with Crippen molar-refractivity contribution in [3.8, 4) is 17.9 Å². The van der Waals surface area contributed by atoms with Crippen LogP contribution in [0.4, 0.5) is 5.82 Å². The molecule has 1 fully saturated rings. The highest BCUT2D eigenvalue weighted by Gasteiger charge is 2.20. The van der Waals surface area contributed by atoms with Gasteiger partial charge in [-0.2, -0.15) is 5.26 Å². The Hall–Kier alpha value is -2.57. The van der Waals surface area contributed by atoms with Gasteiger partial charge in [-0.3, -0.25) is 4.79 Å². The normalized spacial score (nSPS) is 14.1. The Morgan fingerprint density at radius 1 is 1.38 bits per heavy atom. The first-order valence-electron chi connectivity index (χ1n) is 6.62. The maximum Gasteiger partial charge on any atom is 0.298 e. The number of nitrogens with zero attached hydrogens (tertiary/aromatic N) is 4. The molecule has 0 radical (unpaired) electrons. The first kappa shape index (κ1) is 14.8. The summed E-state index contributed by atoms with van der Waals surface area (Å²) in [5.74, 6) is 5.89. The number of rotatable bonds is 2. The van der Waals surface area contributed by atoms with Crippen molar-refractivity contribution < 1.29 is 9.53 Å². The number of amides is 1. The molecule has 0 aromatic carbocycles. The third kappa shape index (κ3) is 3.95. The monoisotopic (exact) mass is 284 g/mol. The van der Waals surface area contributed by atoms with Crippen molar-refractivity contribution in [1.29, 1.82) is 5.26 Å². The number of carbonyl (C=O) groups is 1. The van der Waals surface area contributed by atoms with Gasteiger partial charge in [-0.05, 0) is 18.1 Å². The molecule has 0 atom stereocenters. The van der Waals surface area contributed by atoms with Gasteiger partial charge in [0.15, 0.2) is 0 Å². The van der Waals surface area contributed by atoms with Gasteiger partial charge in [-0.25, -0.2) is 4.98 Å². The zero-order chi connectivity index (χ0) is 15.1. The van der Waals surface area contributed by atoms with Crippen molar-refractivity contribution in [2.75, 3.05) is 44.8 Å². The van der Waals surface area contributed by atoms with E-state index in [1.807, 2.05) is 12.1 Å². The topological polar surface area (TPSA) is 69.5 Å². The Morgan fingerprint density at radius 2 is 2.14 bits per heavy atom. The molecule has 0 unspecified atom stereocenters. The smallest absolute Gasteiger partial charge is 0.298 e. The molecule has 21 heavy (non-hydrogen) atoms. The van der Waals surface area contributed by atoms with Gasteiger partial charge in [-0.15, -0.1) is 0 Å². The number of anilines is 1. The van der Waals surface area contributed by atoms with Crippen LogP contribution in [-0.2, 0) is 9.53 Å². The lowest BCUT2D eigenvalue weighted by Gasteiger charge is -2.34. The summed E-state index contributed by atoms with van der Waals surface area (Å²) in [7, 11) is 1.54. The van der Waals surface area contributed by atoms with Crippen LogP contribution in [0.15, 0.2) is 18.3 Å². The van der Waals surface area contributed by atoms with E-state index in [4.69, 9.17) is 10.00 Å². The highest BCUT2D eigenvalue weighted by molar-refractivity contribution is 5.93. The van der Waals surface area contributed by atoms with E-state index in [2.05, 4.69) is 21.7 Å². The van der Waals surface area contributed by atoms with E-state index in [0.717, 1.165) is 5.82 Å². The van der Waals surface area contributed by atoms with Gasteiger partial charge in [0.05, 0.1) is 5.56 Å². The summed E-state index contributed by atoms with van der Waals surface area (Å²) < 4.78 is 4.79. The Bertz CT molecular complexity index is 587. The number of hydrogen-bond acceptors (Lipinski definition) is 5. The number of ether oxygens (including phenoxy) is 1. The van der Waals surface area contributed by atoms with Crippen molar-refractivity contribution in [1.82, 2.24) is 9.88 Å².